The zero-order chi connectivity index (χ0) is 18.6. The fourth-order valence-electron chi connectivity index (χ4n) is 2.91. The number of carbonyl (C=O) groups excluding carboxylic acids is 1. The second-order valence-corrected chi connectivity index (χ2v) is 7.32. The molecule has 0 bridgehead atoms. The van der Waals surface area contributed by atoms with Crippen LogP contribution in [0.25, 0.3) is 0 Å². The van der Waals surface area contributed by atoms with E-state index in [0.717, 1.165) is 24.2 Å². The van der Waals surface area contributed by atoms with E-state index in [9.17, 15) is 14.7 Å². The Labute approximate surface area is 148 Å². The number of aliphatic carboxylic acids is 1. The topological polar surface area (TPSA) is 76.1 Å². The van der Waals surface area contributed by atoms with E-state index in [-0.39, 0.29) is 19.1 Å². The number of hydrogen-bond donors (Lipinski definition) is 1. The second-order valence-electron chi connectivity index (χ2n) is 7.32. The minimum absolute atomic E-state index is 0.201. The van der Waals surface area contributed by atoms with Crippen molar-refractivity contribution in [2.45, 2.75) is 64.7 Å². The summed E-state index contributed by atoms with van der Waals surface area (Å²) in [5.41, 5.74) is 0.417. The molecule has 1 aliphatic rings. The molecule has 0 aliphatic carbocycles. The molecule has 1 N–H and O–H groups in total. The molecule has 1 aliphatic heterocycles. The average Bonchev–Trinajstić information content (AvgIpc) is 2.92. The standard InChI is InChI=1S/C19H27NO5/c1-5-8-13-9-6-7-10-16(13)24-14-11-15(17(21)22)20(12-14)18(23)25-19(2,3)4/h6-7,9-10,14-15H,5,8,11-12H2,1-4H3,(H,21,22)/t14-,15-/m0/s1. The summed E-state index contributed by atoms with van der Waals surface area (Å²) in [6.45, 7) is 7.56. The predicted molar refractivity (Wildman–Crippen MR) is 93.8 cm³/mol. The quantitative estimate of drug-likeness (QED) is 0.881. The molecule has 0 unspecified atom stereocenters. The van der Waals surface area contributed by atoms with Crippen LogP contribution >= 0.6 is 0 Å². The molecule has 2 atom stereocenters. The van der Waals surface area contributed by atoms with Crippen LogP contribution in [0.1, 0.15) is 46.1 Å². The molecule has 0 saturated carbocycles. The Balaban J connectivity index is 2.12. The van der Waals surface area contributed by atoms with Gasteiger partial charge in [0.2, 0.25) is 0 Å². The summed E-state index contributed by atoms with van der Waals surface area (Å²) in [7, 11) is 0. The van der Waals surface area contributed by atoms with Crippen LogP contribution in [0.4, 0.5) is 4.79 Å². The summed E-state index contributed by atoms with van der Waals surface area (Å²) >= 11 is 0. The van der Waals surface area contributed by atoms with E-state index < -0.39 is 23.7 Å². The van der Waals surface area contributed by atoms with Crippen molar-refractivity contribution in [2.24, 2.45) is 0 Å². The van der Waals surface area contributed by atoms with Crippen molar-refractivity contribution >= 4 is 12.1 Å². The number of carbonyl (C=O) groups is 2. The first-order valence-electron chi connectivity index (χ1n) is 8.68. The lowest BCUT2D eigenvalue weighted by Gasteiger charge is -2.26. The van der Waals surface area contributed by atoms with Gasteiger partial charge in [0, 0.05) is 6.42 Å². The van der Waals surface area contributed by atoms with Gasteiger partial charge in [-0.25, -0.2) is 9.59 Å². The van der Waals surface area contributed by atoms with Gasteiger partial charge in [0.05, 0.1) is 6.54 Å². The Hall–Kier alpha value is -2.24. The molecule has 1 aromatic carbocycles. The number of rotatable bonds is 5. The van der Waals surface area contributed by atoms with Crippen LogP contribution in [0.5, 0.6) is 5.75 Å². The molecule has 0 aromatic heterocycles. The number of carboxylic acids is 1. The fourth-order valence-corrected chi connectivity index (χ4v) is 2.91. The molecule has 6 heteroatoms. The van der Waals surface area contributed by atoms with E-state index in [1.165, 1.54) is 4.90 Å². The highest BCUT2D eigenvalue weighted by atomic mass is 16.6. The van der Waals surface area contributed by atoms with Crippen LogP contribution in [0.15, 0.2) is 24.3 Å². The number of para-hydroxylation sites is 1. The monoisotopic (exact) mass is 349 g/mol. The first-order chi connectivity index (χ1) is 11.7. The molecular formula is C19H27NO5. The number of likely N-dealkylation sites (tertiary alicyclic amines) is 1. The smallest absolute Gasteiger partial charge is 0.411 e. The summed E-state index contributed by atoms with van der Waals surface area (Å²) < 4.78 is 11.4. The highest BCUT2D eigenvalue weighted by Crippen LogP contribution is 2.27. The van der Waals surface area contributed by atoms with Gasteiger partial charge in [0.1, 0.15) is 23.5 Å². The number of carboxylic acid groups (broad SMARTS) is 1. The van der Waals surface area contributed by atoms with Gasteiger partial charge >= 0.3 is 12.1 Å². The van der Waals surface area contributed by atoms with E-state index >= 15 is 0 Å². The molecule has 1 amide bonds. The van der Waals surface area contributed by atoms with Crippen LogP contribution in [0.3, 0.4) is 0 Å². The van der Waals surface area contributed by atoms with E-state index in [1.54, 1.807) is 20.8 Å². The summed E-state index contributed by atoms with van der Waals surface area (Å²) in [4.78, 5) is 25.1. The lowest BCUT2D eigenvalue weighted by molar-refractivity contribution is -0.142. The molecule has 138 valence electrons. The maximum atomic E-state index is 12.3. The van der Waals surface area contributed by atoms with Gasteiger partial charge in [0.25, 0.3) is 0 Å². The van der Waals surface area contributed by atoms with Crippen LogP contribution < -0.4 is 4.74 Å². The number of nitrogens with zero attached hydrogens (tertiary/aromatic N) is 1. The number of aryl methyl sites for hydroxylation is 1. The van der Waals surface area contributed by atoms with Gasteiger partial charge in [-0.2, -0.15) is 0 Å². The van der Waals surface area contributed by atoms with Crippen LogP contribution in [-0.2, 0) is 16.0 Å². The van der Waals surface area contributed by atoms with Crippen molar-refractivity contribution in [2.75, 3.05) is 6.54 Å². The van der Waals surface area contributed by atoms with Crippen molar-refractivity contribution < 1.29 is 24.2 Å². The molecule has 0 spiro atoms. The Morgan fingerprint density at radius 2 is 1.96 bits per heavy atom. The van der Waals surface area contributed by atoms with Gasteiger partial charge in [-0.15, -0.1) is 0 Å². The lowest BCUT2D eigenvalue weighted by atomic mass is 10.1. The van der Waals surface area contributed by atoms with Crippen molar-refractivity contribution in [3.8, 4) is 5.75 Å². The zero-order valence-corrected chi connectivity index (χ0v) is 15.3. The highest BCUT2D eigenvalue weighted by molar-refractivity contribution is 5.81. The molecule has 0 radical (unpaired) electrons. The lowest BCUT2D eigenvalue weighted by Crippen LogP contribution is -2.43. The minimum Gasteiger partial charge on any atom is -0.488 e. The zero-order valence-electron chi connectivity index (χ0n) is 15.3. The normalized spacial score (nSPS) is 20.4. The minimum atomic E-state index is -1.04. The van der Waals surface area contributed by atoms with Crippen molar-refractivity contribution in [3.63, 3.8) is 0 Å². The first kappa shape index (κ1) is 19.1. The highest BCUT2D eigenvalue weighted by Gasteiger charge is 2.42. The van der Waals surface area contributed by atoms with E-state index in [1.807, 2.05) is 24.3 Å². The molecule has 1 heterocycles. The molecule has 1 aromatic rings. The van der Waals surface area contributed by atoms with Crippen LogP contribution in [-0.4, -0.2) is 46.4 Å². The summed E-state index contributed by atoms with van der Waals surface area (Å²) in [5, 5.41) is 9.45. The Morgan fingerprint density at radius 1 is 1.28 bits per heavy atom. The molecule has 1 saturated heterocycles. The SMILES string of the molecule is CCCc1ccccc1O[C@H]1C[C@@H](C(=O)O)N(C(=O)OC(C)(C)C)C1. The molecule has 25 heavy (non-hydrogen) atoms. The van der Waals surface area contributed by atoms with E-state index in [2.05, 4.69) is 6.92 Å². The fraction of sp³-hybridized carbons (Fsp3) is 0.579. The molecular weight excluding hydrogens is 322 g/mol. The average molecular weight is 349 g/mol. The van der Waals surface area contributed by atoms with Gasteiger partial charge in [-0.05, 0) is 38.8 Å². The van der Waals surface area contributed by atoms with Crippen LogP contribution in [0.2, 0.25) is 0 Å². The Morgan fingerprint density at radius 3 is 2.56 bits per heavy atom. The predicted octanol–water partition coefficient (Wildman–Crippen LogP) is 3.48. The second kappa shape index (κ2) is 7.76. The Kier molecular flexibility index (Phi) is 5.93. The first-order valence-corrected chi connectivity index (χ1v) is 8.68. The number of benzene rings is 1. The third-order valence-electron chi connectivity index (χ3n) is 3.96. The van der Waals surface area contributed by atoms with Crippen molar-refractivity contribution in [1.29, 1.82) is 0 Å². The molecule has 6 nitrogen and oxygen atoms in total. The van der Waals surface area contributed by atoms with E-state index in [4.69, 9.17) is 9.47 Å². The Bertz CT molecular complexity index is 622. The third-order valence-corrected chi connectivity index (χ3v) is 3.96. The van der Waals surface area contributed by atoms with Gasteiger partial charge < -0.3 is 14.6 Å². The van der Waals surface area contributed by atoms with Crippen molar-refractivity contribution in [3.05, 3.63) is 29.8 Å². The molecule has 2 rings (SSSR count). The third kappa shape index (κ3) is 5.11. The van der Waals surface area contributed by atoms with Crippen LogP contribution in [0, 0.1) is 0 Å². The van der Waals surface area contributed by atoms with Gasteiger partial charge in [0.15, 0.2) is 0 Å². The molecule has 1 fully saturated rings. The maximum absolute atomic E-state index is 12.3. The summed E-state index contributed by atoms with van der Waals surface area (Å²) in [5.74, 6) is -0.289. The van der Waals surface area contributed by atoms with Gasteiger partial charge in [-0.1, -0.05) is 31.5 Å². The number of hydrogen-bond acceptors (Lipinski definition) is 4. The summed E-state index contributed by atoms with van der Waals surface area (Å²) in [6.07, 6.45) is 1.14. The van der Waals surface area contributed by atoms with Gasteiger partial charge in [-0.3, -0.25) is 4.90 Å². The number of ether oxygens (including phenoxy) is 2. The summed E-state index contributed by atoms with van der Waals surface area (Å²) in [6, 6.07) is 6.81. The number of amides is 1. The maximum Gasteiger partial charge on any atom is 0.411 e. The van der Waals surface area contributed by atoms with Crippen molar-refractivity contribution in [1.82, 2.24) is 4.90 Å². The largest absolute Gasteiger partial charge is 0.488 e. The van der Waals surface area contributed by atoms with E-state index in [0.29, 0.717) is 0 Å².